The third-order valence-electron chi connectivity index (χ3n) is 5.01. The molecule has 10 heteroatoms. The zero-order chi connectivity index (χ0) is 27.6. The average Bonchev–Trinajstić information content (AvgIpc) is 2.92. The topological polar surface area (TPSA) is 80.7 Å². The average molecular weight is 561 g/mol. The zero-order valence-electron chi connectivity index (χ0n) is 19.8. The largest absolute Gasteiger partial charge is 0.454 e. The number of ether oxygens (including phenoxy) is 1. The molecular formula is C28H23F3O5S2. The number of thioether (sulfide) groups is 1. The van der Waals surface area contributed by atoms with Crippen molar-refractivity contribution in [2.24, 2.45) is 0 Å². The summed E-state index contributed by atoms with van der Waals surface area (Å²) in [5.74, 6) is -2.12. The fraction of sp³-hybridized carbons (Fsp3) is 0.107. The fourth-order valence-electron chi connectivity index (χ4n) is 3.14. The molecule has 0 fully saturated rings. The van der Waals surface area contributed by atoms with Gasteiger partial charge in [0.2, 0.25) is 0 Å². The Kier molecular flexibility index (Phi) is 10.1. The van der Waals surface area contributed by atoms with Gasteiger partial charge in [0.1, 0.15) is 5.82 Å². The Morgan fingerprint density at radius 2 is 1.32 bits per heavy atom. The molecule has 0 radical (unpaired) electrons. The Morgan fingerprint density at radius 3 is 1.79 bits per heavy atom. The molecule has 1 N–H and O–H groups in total. The summed E-state index contributed by atoms with van der Waals surface area (Å²) in [6.07, 6.45) is 0. The van der Waals surface area contributed by atoms with Crippen LogP contribution in [0.25, 0.3) is 0 Å². The van der Waals surface area contributed by atoms with Gasteiger partial charge in [-0.1, -0.05) is 84.9 Å². The van der Waals surface area contributed by atoms with Crippen LogP contribution in [0, 0.1) is 5.82 Å². The molecule has 4 aromatic carbocycles. The lowest BCUT2D eigenvalue weighted by molar-refractivity contribution is -0.00953. The maximum absolute atomic E-state index is 12.7. The highest BCUT2D eigenvalue weighted by atomic mass is 32.2. The van der Waals surface area contributed by atoms with Crippen molar-refractivity contribution in [3.8, 4) is 0 Å². The van der Waals surface area contributed by atoms with Crippen LogP contribution in [0.15, 0.2) is 120 Å². The van der Waals surface area contributed by atoms with Crippen LogP contribution in [0.4, 0.5) is 13.2 Å². The number of carbonyl (C=O) groups is 1. The normalized spacial score (nSPS) is 11.4. The SMILES string of the molecule is O=C(OCC(F)(F)S(=O)(=O)O)c1cccc(F)c1.c1ccc(SC(c2ccccc2)c2ccccc2)cc1. The molecule has 0 bridgehead atoms. The molecule has 0 aliphatic heterocycles. The Labute approximate surface area is 223 Å². The number of esters is 1. The molecular weight excluding hydrogens is 537 g/mol. The summed E-state index contributed by atoms with van der Waals surface area (Å²) in [6.45, 7) is -1.86. The summed E-state index contributed by atoms with van der Waals surface area (Å²) in [7, 11) is -5.67. The molecule has 0 heterocycles. The van der Waals surface area contributed by atoms with Gasteiger partial charge in [0.15, 0.2) is 6.61 Å². The molecule has 0 amide bonds. The first-order valence-electron chi connectivity index (χ1n) is 11.2. The van der Waals surface area contributed by atoms with E-state index in [1.54, 1.807) is 0 Å². The van der Waals surface area contributed by atoms with Gasteiger partial charge in [0.05, 0.1) is 10.8 Å². The van der Waals surface area contributed by atoms with Crippen LogP contribution in [0.3, 0.4) is 0 Å². The van der Waals surface area contributed by atoms with Crippen molar-refractivity contribution >= 4 is 27.8 Å². The van der Waals surface area contributed by atoms with Gasteiger partial charge in [-0.25, -0.2) is 9.18 Å². The Morgan fingerprint density at radius 1 is 0.816 bits per heavy atom. The summed E-state index contributed by atoms with van der Waals surface area (Å²) < 4.78 is 70.6. The Balaban J connectivity index is 0.000000212. The number of hydrogen-bond donors (Lipinski definition) is 1. The molecule has 0 saturated carbocycles. The minimum atomic E-state index is -5.67. The lowest BCUT2D eigenvalue weighted by Gasteiger charge is -2.17. The van der Waals surface area contributed by atoms with E-state index in [9.17, 15) is 26.4 Å². The van der Waals surface area contributed by atoms with Crippen molar-refractivity contribution < 1.29 is 35.7 Å². The Hall–Kier alpha value is -3.60. The fourth-order valence-corrected chi connectivity index (χ4v) is 4.52. The number of carbonyl (C=O) groups excluding carboxylic acids is 1. The van der Waals surface area contributed by atoms with Crippen molar-refractivity contribution in [3.05, 3.63) is 138 Å². The molecule has 198 valence electrons. The second-order valence-corrected chi connectivity index (χ2v) is 10.6. The number of halogens is 3. The lowest BCUT2D eigenvalue weighted by atomic mass is 10.0. The first kappa shape index (κ1) is 29.0. The lowest BCUT2D eigenvalue weighted by Crippen LogP contribution is -2.34. The number of rotatable bonds is 8. The molecule has 4 rings (SSSR count). The van der Waals surface area contributed by atoms with E-state index in [1.165, 1.54) is 16.0 Å². The van der Waals surface area contributed by atoms with Gasteiger partial charge in [-0.2, -0.15) is 17.2 Å². The highest BCUT2D eigenvalue weighted by Crippen LogP contribution is 2.40. The zero-order valence-corrected chi connectivity index (χ0v) is 21.4. The van der Waals surface area contributed by atoms with Gasteiger partial charge < -0.3 is 4.74 Å². The molecule has 38 heavy (non-hydrogen) atoms. The van der Waals surface area contributed by atoms with Crippen LogP contribution in [-0.2, 0) is 14.9 Å². The van der Waals surface area contributed by atoms with Crippen LogP contribution in [0.1, 0.15) is 26.7 Å². The highest BCUT2D eigenvalue weighted by molar-refractivity contribution is 7.99. The van der Waals surface area contributed by atoms with Crippen LogP contribution >= 0.6 is 11.8 Å². The molecule has 4 aromatic rings. The van der Waals surface area contributed by atoms with E-state index in [2.05, 4.69) is 95.7 Å². The van der Waals surface area contributed by atoms with E-state index in [0.717, 1.165) is 24.3 Å². The van der Waals surface area contributed by atoms with E-state index in [-0.39, 0.29) is 5.56 Å². The minimum absolute atomic E-state index is 0.333. The maximum atomic E-state index is 12.7. The second-order valence-electron chi connectivity index (χ2n) is 7.83. The highest BCUT2D eigenvalue weighted by Gasteiger charge is 2.45. The molecule has 0 aliphatic rings. The first-order valence-corrected chi connectivity index (χ1v) is 13.5. The van der Waals surface area contributed by atoms with Crippen LogP contribution in [0.5, 0.6) is 0 Å². The summed E-state index contributed by atoms with van der Waals surface area (Å²) in [4.78, 5) is 12.5. The van der Waals surface area contributed by atoms with E-state index in [1.807, 2.05) is 11.8 Å². The van der Waals surface area contributed by atoms with Gasteiger partial charge in [0.25, 0.3) is 0 Å². The smallest absolute Gasteiger partial charge is 0.402 e. The van der Waals surface area contributed by atoms with Gasteiger partial charge in [-0.3, -0.25) is 4.55 Å². The van der Waals surface area contributed by atoms with Crippen LogP contribution in [0.2, 0.25) is 0 Å². The van der Waals surface area contributed by atoms with Crippen molar-refractivity contribution in [2.75, 3.05) is 6.61 Å². The van der Waals surface area contributed by atoms with E-state index < -0.39 is 33.8 Å². The van der Waals surface area contributed by atoms with E-state index in [4.69, 9.17) is 4.55 Å². The summed E-state index contributed by atoms with van der Waals surface area (Å²) in [6, 6.07) is 35.9. The summed E-state index contributed by atoms with van der Waals surface area (Å²) >= 11 is 1.89. The monoisotopic (exact) mass is 560 g/mol. The second kappa shape index (κ2) is 13.3. The predicted molar refractivity (Wildman–Crippen MR) is 140 cm³/mol. The molecule has 0 aliphatic carbocycles. The van der Waals surface area contributed by atoms with Crippen LogP contribution in [-0.4, -0.2) is 30.8 Å². The summed E-state index contributed by atoms with van der Waals surface area (Å²) in [5.41, 5.74) is 2.32. The van der Waals surface area contributed by atoms with Gasteiger partial charge in [-0.05, 0) is 41.5 Å². The van der Waals surface area contributed by atoms with Gasteiger partial charge in [-0.15, -0.1) is 11.8 Å². The minimum Gasteiger partial charge on any atom is -0.454 e. The molecule has 0 saturated heterocycles. The molecule has 0 aromatic heterocycles. The van der Waals surface area contributed by atoms with Crippen LogP contribution < -0.4 is 0 Å². The van der Waals surface area contributed by atoms with E-state index in [0.29, 0.717) is 5.25 Å². The van der Waals surface area contributed by atoms with E-state index >= 15 is 0 Å². The Bertz CT molecular complexity index is 1380. The van der Waals surface area contributed by atoms with Crippen molar-refractivity contribution in [2.45, 2.75) is 15.4 Å². The van der Waals surface area contributed by atoms with Gasteiger partial charge >= 0.3 is 21.3 Å². The third-order valence-corrected chi connectivity index (χ3v) is 7.21. The van der Waals surface area contributed by atoms with Crippen molar-refractivity contribution in [1.29, 1.82) is 0 Å². The summed E-state index contributed by atoms with van der Waals surface area (Å²) in [5, 5.41) is -4.28. The standard InChI is InChI=1S/C19H16S.C9H7F3O5S/c1-4-10-16(11-5-1)19(17-12-6-2-7-13-17)20-18-14-8-3-9-15-18;10-7-3-1-2-6(4-7)8(13)17-5-9(11,12)18(14,15)16/h1-15,19H;1-4H,5H2,(H,14,15,16). The van der Waals surface area contributed by atoms with Crippen molar-refractivity contribution in [1.82, 2.24) is 0 Å². The molecule has 5 nitrogen and oxygen atoms in total. The molecule has 0 atom stereocenters. The number of hydrogen-bond acceptors (Lipinski definition) is 5. The first-order chi connectivity index (χ1) is 18.1. The predicted octanol–water partition coefficient (Wildman–Crippen LogP) is 7.03. The third kappa shape index (κ3) is 8.47. The molecule has 0 spiro atoms. The maximum Gasteiger partial charge on any atom is 0.402 e. The molecule has 0 unspecified atom stereocenters. The quantitative estimate of drug-likeness (QED) is 0.142. The van der Waals surface area contributed by atoms with Gasteiger partial charge in [0, 0.05) is 4.90 Å². The van der Waals surface area contributed by atoms with Crippen molar-refractivity contribution in [3.63, 3.8) is 0 Å². The number of alkyl halides is 2. The number of benzene rings is 4.